The van der Waals surface area contributed by atoms with Crippen molar-refractivity contribution < 1.29 is 9.53 Å². The van der Waals surface area contributed by atoms with Crippen molar-refractivity contribution in [3.63, 3.8) is 0 Å². The van der Waals surface area contributed by atoms with E-state index in [1.54, 1.807) is 0 Å². The third-order valence-electron chi connectivity index (χ3n) is 4.55. The first kappa shape index (κ1) is 17.2. The molecule has 1 aromatic carbocycles. The van der Waals surface area contributed by atoms with Gasteiger partial charge in [-0.25, -0.2) is 4.98 Å². The zero-order chi connectivity index (χ0) is 17.9. The van der Waals surface area contributed by atoms with Crippen LogP contribution in [0.2, 0.25) is 0 Å². The summed E-state index contributed by atoms with van der Waals surface area (Å²) in [5.74, 6) is 0.233. The van der Waals surface area contributed by atoms with E-state index in [9.17, 15) is 4.79 Å². The number of rotatable bonds is 6. The lowest BCUT2D eigenvalue weighted by Crippen LogP contribution is -2.32. The van der Waals surface area contributed by atoms with Crippen LogP contribution in [0.15, 0.2) is 29.4 Å². The molecule has 0 aliphatic carbocycles. The van der Waals surface area contributed by atoms with Gasteiger partial charge in [0.15, 0.2) is 5.65 Å². The number of thioether (sulfide) groups is 1. The molecule has 136 valence electrons. The first-order chi connectivity index (χ1) is 12.8. The third kappa shape index (κ3) is 3.39. The summed E-state index contributed by atoms with van der Waals surface area (Å²) in [6.45, 7) is 4.25. The normalized spacial score (nSPS) is 17.2. The highest BCUT2D eigenvalue weighted by Gasteiger charge is 2.17. The standard InChI is InChI=1S/C18H21N5O2S/c1-2-23-14-8-4-3-7-13(14)16-17(23)20-18(22-21-16)26-11-15(24)19-10-12-6-5-9-25-12/h3-4,7-8,12H,2,5-6,9-11H2,1H3,(H,19,24)/t12-/m0/s1. The first-order valence-corrected chi connectivity index (χ1v) is 9.87. The molecule has 3 heterocycles. The van der Waals surface area contributed by atoms with E-state index in [2.05, 4.69) is 38.1 Å². The van der Waals surface area contributed by atoms with Gasteiger partial charge in [0, 0.05) is 25.1 Å². The van der Waals surface area contributed by atoms with Gasteiger partial charge in [0.25, 0.3) is 0 Å². The predicted octanol–water partition coefficient (Wildman–Crippen LogP) is 2.39. The highest BCUT2D eigenvalue weighted by Crippen LogP contribution is 2.26. The Morgan fingerprint density at radius 2 is 2.27 bits per heavy atom. The smallest absolute Gasteiger partial charge is 0.230 e. The van der Waals surface area contributed by atoms with Crippen molar-refractivity contribution in [2.45, 2.75) is 37.6 Å². The Kier molecular flexibility index (Phi) is 5.03. The van der Waals surface area contributed by atoms with E-state index in [1.165, 1.54) is 11.8 Å². The van der Waals surface area contributed by atoms with Gasteiger partial charge in [-0.05, 0) is 25.8 Å². The number of hydrogen-bond donors (Lipinski definition) is 1. The summed E-state index contributed by atoms with van der Waals surface area (Å²) in [6.07, 6.45) is 2.23. The van der Waals surface area contributed by atoms with Crippen molar-refractivity contribution in [3.05, 3.63) is 24.3 Å². The average Bonchev–Trinajstić information content (AvgIpc) is 3.30. The number of hydrogen-bond acceptors (Lipinski definition) is 6. The number of nitrogens with zero attached hydrogens (tertiary/aromatic N) is 4. The predicted molar refractivity (Wildman–Crippen MR) is 101 cm³/mol. The Hall–Kier alpha value is -2.19. The number of para-hydroxylation sites is 1. The van der Waals surface area contributed by atoms with E-state index in [4.69, 9.17) is 4.74 Å². The van der Waals surface area contributed by atoms with Crippen LogP contribution >= 0.6 is 11.8 Å². The van der Waals surface area contributed by atoms with Gasteiger partial charge in [-0.1, -0.05) is 30.0 Å². The molecule has 1 fully saturated rings. The van der Waals surface area contributed by atoms with Crippen molar-refractivity contribution in [3.8, 4) is 0 Å². The second kappa shape index (κ2) is 7.59. The molecule has 7 nitrogen and oxygen atoms in total. The molecular weight excluding hydrogens is 350 g/mol. The van der Waals surface area contributed by atoms with Crippen molar-refractivity contribution in [2.75, 3.05) is 18.9 Å². The topological polar surface area (TPSA) is 81.9 Å². The van der Waals surface area contributed by atoms with Crippen LogP contribution < -0.4 is 5.32 Å². The number of amides is 1. The van der Waals surface area contributed by atoms with E-state index < -0.39 is 0 Å². The zero-order valence-electron chi connectivity index (χ0n) is 14.6. The minimum Gasteiger partial charge on any atom is -0.376 e. The number of aromatic nitrogens is 4. The number of nitrogens with one attached hydrogen (secondary N) is 1. The van der Waals surface area contributed by atoms with Crippen LogP contribution in [-0.2, 0) is 16.1 Å². The van der Waals surface area contributed by atoms with Crippen LogP contribution in [0.5, 0.6) is 0 Å². The van der Waals surface area contributed by atoms with Crippen LogP contribution in [0.25, 0.3) is 22.1 Å². The van der Waals surface area contributed by atoms with E-state index in [1.807, 2.05) is 18.2 Å². The maximum atomic E-state index is 12.0. The molecule has 1 aliphatic heterocycles. The zero-order valence-corrected chi connectivity index (χ0v) is 15.5. The Balaban J connectivity index is 1.47. The second-order valence-corrected chi connectivity index (χ2v) is 7.20. The minimum absolute atomic E-state index is 0.0368. The number of benzene rings is 1. The van der Waals surface area contributed by atoms with Gasteiger partial charge >= 0.3 is 0 Å². The molecule has 0 radical (unpaired) electrons. The summed E-state index contributed by atoms with van der Waals surface area (Å²) in [6, 6.07) is 8.10. The van der Waals surface area contributed by atoms with Gasteiger partial charge in [0.05, 0.1) is 17.4 Å². The quantitative estimate of drug-likeness (QED) is 0.670. The van der Waals surface area contributed by atoms with Crippen LogP contribution in [0.4, 0.5) is 0 Å². The van der Waals surface area contributed by atoms with Gasteiger partial charge in [0.1, 0.15) is 5.52 Å². The average molecular weight is 371 g/mol. The fourth-order valence-corrected chi connectivity index (χ4v) is 3.90. The van der Waals surface area contributed by atoms with Crippen molar-refractivity contribution in [1.29, 1.82) is 0 Å². The summed E-state index contributed by atoms with van der Waals surface area (Å²) >= 11 is 1.30. The Morgan fingerprint density at radius 3 is 3.08 bits per heavy atom. The molecule has 1 saturated heterocycles. The molecule has 1 atom stereocenters. The molecule has 3 aromatic rings. The summed E-state index contributed by atoms with van der Waals surface area (Å²) in [5, 5.41) is 13.0. The highest BCUT2D eigenvalue weighted by atomic mass is 32.2. The molecule has 0 spiro atoms. The largest absolute Gasteiger partial charge is 0.376 e. The molecule has 26 heavy (non-hydrogen) atoms. The number of carbonyl (C=O) groups excluding carboxylic acids is 1. The molecule has 0 bridgehead atoms. The number of carbonyl (C=O) groups is 1. The SMILES string of the molecule is CCn1c2ccccc2c2nnc(SCC(=O)NC[C@@H]3CCCO3)nc21. The lowest BCUT2D eigenvalue weighted by atomic mass is 10.2. The molecule has 1 N–H and O–H groups in total. The van der Waals surface area contributed by atoms with E-state index in [-0.39, 0.29) is 17.8 Å². The summed E-state index contributed by atoms with van der Waals surface area (Å²) < 4.78 is 7.64. The van der Waals surface area contributed by atoms with Crippen molar-refractivity contribution in [1.82, 2.24) is 25.1 Å². The number of fused-ring (bicyclic) bond motifs is 3. The van der Waals surface area contributed by atoms with Gasteiger partial charge < -0.3 is 14.6 Å². The van der Waals surface area contributed by atoms with E-state index in [0.717, 1.165) is 48.1 Å². The molecule has 0 unspecified atom stereocenters. The lowest BCUT2D eigenvalue weighted by Gasteiger charge is -2.10. The summed E-state index contributed by atoms with van der Waals surface area (Å²) in [7, 11) is 0. The Morgan fingerprint density at radius 1 is 1.38 bits per heavy atom. The molecule has 0 saturated carbocycles. The van der Waals surface area contributed by atoms with Crippen LogP contribution in [0.3, 0.4) is 0 Å². The molecule has 1 aliphatic rings. The third-order valence-corrected chi connectivity index (χ3v) is 5.39. The van der Waals surface area contributed by atoms with Crippen molar-refractivity contribution >= 4 is 39.7 Å². The molecule has 8 heteroatoms. The Labute approximate surface area is 155 Å². The van der Waals surface area contributed by atoms with Crippen molar-refractivity contribution in [2.24, 2.45) is 0 Å². The van der Waals surface area contributed by atoms with Crippen LogP contribution in [-0.4, -0.2) is 50.7 Å². The van der Waals surface area contributed by atoms with E-state index in [0.29, 0.717) is 11.7 Å². The monoisotopic (exact) mass is 371 g/mol. The number of aryl methyl sites for hydroxylation is 1. The van der Waals surface area contributed by atoms with Crippen LogP contribution in [0.1, 0.15) is 19.8 Å². The highest BCUT2D eigenvalue weighted by molar-refractivity contribution is 7.99. The molecule has 2 aromatic heterocycles. The summed E-state index contributed by atoms with van der Waals surface area (Å²) in [5.41, 5.74) is 2.71. The van der Waals surface area contributed by atoms with Crippen LogP contribution in [0, 0.1) is 0 Å². The lowest BCUT2D eigenvalue weighted by molar-refractivity contribution is -0.119. The fraction of sp³-hybridized carbons (Fsp3) is 0.444. The summed E-state index contributed by atoms with van der Waals surface area (Å²) in [4.78, 5) is 16.7. The van der Waals surface area contributed by atoms with Gasteiger partial charge in [-0.15, -0.1) is 10.2 Å². The second-order valence-electron chi connectivity index (χ2n) is 6.26. The number of ether oxygens (including phenoxy) is 1. The fourth-order valence-electron chi connectivity index (χ4n) is 3.28. The van der Waals surface area contributed by atoms with Gasteiger partial charge in [-0.2, -0.15) is 0 Å². The maximum absolute atomic E-state index is 12.0. The first-order valence-electron chi connectivity index (χ1n) is 8.89. The molecule has 1 amide bonds. The molecular formula is C18H21N5O2S. The van der Waals surface area contributed by atoms with E-state index >= 15 is 0 Å². The minimum atomic E-state index is -0.0368. The van der Waals surface area contributed by atoms with Gasteiger partial charge in [0.2, 0.25) is 11.1 Å². The molecule has 4 rings (SSSR count). The van der Waals surface area contributed by atoms with Gasteiger partial charge in [-0.3, -0.25) is 4.79 Å². The maximum Gasteiger partial charge on any atom is 0.230 e. The Bertz CT molecular complexity index is 936.